The van der Waals surface area contributed by atoms with E-state index < -0.39 is 0 Å². The first-order chi connectivity index (χ1) is 12.1. The molecule has 0 saturated carbocycles. The lowest BCUT2D eigenvalue weighted by atomic mass is 10.1. The van der Waals surface area contributed by atoms with Crippen molar-refractivity contribution >= 4 is 34.0 Å². The summed E-state index contributed by atoms with van der Waals surface area (Å²) >= 11 is 5.44. The first-order valence-electron chi connectivity index (χ1n) is 8.24. The molecule has 0 aliphatic heterocycles. The molecule has 1 unspecified atom stereocenters. The monoisotopic (exact) mass is 352 g/mol. The molecule has 0 radical (unpaired) electrons. The molecule has 0 fully saturated rings. The van der Waals surface area contributed by atoms with Crippen LogP contribution in [0.2, 0.25) is 0 Å². The summed E-state index contributed by atoms with van der Waals surface area (Å²) in [4.78, 5) is 11.6. The van der Waals surface area contributed by atoms with Crippen molar-refractivity contribution in [3.05, 3.63) is 76.1 Å². The first-order valence-corrected chi connectivity index (χ1v) is 8.64. The molecular formula is C20H20N2O2S. The molecule has 1 atom stereocenters. The third-order valence-electron chi connectivity index (χ3n) is 4.12. The van der Waals surface area contributed by atoms with Gasteiger partial charge in [0, 0.05) is 23.2 Å². The van der Waals surface area contributed by atoms with E-state index >= 15 is 0 Å². The number of anilines is 1. The largest absolute Gasteiger partial charge is 0.423 e. The Balaban J connectivity index is 1.76. The van der Waals surface area contributed by atoms with Crippen molar-refractivity contribution in [2.75, 3.05) is 5.32 Å². The molecule has 1 aromatic heterocycles. The Bertz CT molecular complexity index is 951. The second kappa shape index (κ2) is 7.49. The fourth-order valence-electron chi connectivity index (χ4n) is 2.83. The van der Waals surface area contributed by atoms with E-state index in [-0.39, 0.29) is 11.7 Å². The van der Waals surface area contributed by atoms with Crippen molar-refractivity contribution < 1.29 is 4.42 Å². The maximum atomic E-state index is 11.6. The summed E-state index contributed by atoms with van der Waals surface area (Å²) in [5.41, 5.74) is 3.07. The quantitative estimate of drug-likeness (QED) is 0.533. The standard InChI is InChI=1S/C20H20N2O2S/c1-3-17(14-7-5-4-6-8-14)22-20(25)21-15-9-10-16-13(2)11-19(23)24-18(16)12-15/h4-12,17H,3H2,1-2H3,(H2,21,22,25). The molecule has 0 bridgehead atoms. The Morgan fingerprint density at radius 2 is 1.92 bits per heavy atom. The van der Waals surface area contributed by atoms with Crippen molar-refractivity contribution in [2.24, 2.45) is 0 Å². The van der Waals surface area contributed by atoms with Crippen molar-refractivity contribution in [1.29, 1.82) is 0 Å². The topological polar surface area (TPSA) is 54.3 Å². The van der Waals surface area contributed by atoms with Crippen LogP contribution in [0.3, 0.4) is 0 Å². The van der Waals surface area contributed by atoms with E-state index in [2.05, 4.69) is 29.7 Å². The van der Waals surface area contributed by atoms with Gasteiger partial charge in [0.2, 0.25) is 0 Å². The number of nitrogens with one attached hydrogen (secondary N) is 2. The van der Waals surface area contributed by atoms with Crippen LogP contribution < -0.4 is 16.3 Å². The zero-order valence-electron chi connectivity index (χ0n) is 14.2. The molecule has 0 aliphatic carbocycles. The number of fused-ring (bicyclic) bond motifs is 1. The molecule has 0 aliphatic rings. The third-order valence-corrected chi connectivity index (χ3v) is 4.34. The Labute approximate surface area is 151 Å². The molecule has 4 nitrogen and oxygen atoms in total. The van der Waals surface area contributed by atoms with Gasteiger partial charge in [0.25, 0.3) is 0 Å². The van der Waals surface area contributed by atoms with Gasteiger partial charge < -0.3 is 15.1 Å². The molecule has 0 saturated heterocycles. The smallest absolute Gasteiger partial charge is 0.336 e. The predicted octanol–water partition coefficient (Wildman–Crippen LogP) is 4.54. The van der Waals surface area contributed by atoms with Gasteiger partial charge in [-0.15, -0.1) is 0 Å². The fourth-order valence-corrected chi connectivity index (χ4v) is 3.09. The average molecular weight is 352 g/mol. The molecule has 2 aromatic carbocycles. The SMILES string of the molecule is CCC(NC(=S)Nc1ccc2c(C)cc(=O)oc2c1)c1ccccc1. The Kier molecular flexibility index (Phi) is 5.14. The molecule has 25 heavy (non-hydrogen) atoms. The van der Waals surface area contributed by atoms with Crippen LogP contribution in [0.4, 0.5) is 5.69 Å². The van der Waals surface area contributed by atoms with Crippen molar-refractivity contribution in [2.45, 2.75) is 26.3 Å². The van der Waals surface area contributed by atoms with E-state index in [1.165, 1.54) is 11.6 Å². The van der Waals surface area contributed by atoms with Crippen LogP contribution >= 0.6 is 12.2 Å². The van der Waals surface area contributed by atoms with Crippen molar-refractivity contribution in [1.82, 2.24) is 5.32 Å². The molecule has 3 aromatic rings. The summed E-state index contributed by atoms with van der Waals surface area (Å²) in [6, 6.07) is 17.5. The third kappa shape index (κ3) is 4.06. The Hall–Kier alpha value is -2.66. The number of hydrogen-bond donors (Lipinski definition) is 2. The summed E-state index contributed by atoms with van der Waals surface area (Å²) in [5, 5.41) is 7.94. The average Bonchev–Trinajstić information content (AvgIpc) is 2.60. The summed E-state index contributed by atoms with van der Waals surface area (Å²) < 4.78 is 5.28. The molecule has 0 spiro atoms. The van der Waals surface area contributed by atoms with Gasteiger partial charge in [0.15, 0.2) is 5.11 Å². The van der Waals surface area contributed by atoms with E-state index in [1.807, 2.05) is 37.3 Å². The van der Waals surface area contributed by atoms with Gasteiger partial charge in [-0.05, 0) is 48.8 Å². The zero-order chi connectivity index (χ0) is 17.8. The number of benzene rings is 2. The molecule has 1 heterocycles. The van der Waals surface area contributed by atoms with Crippen LogP contribution in [0.25, 0.3) is 11.0 Å². The van der Waals surface area contributed by atoms with Gasteiger partial charge in [0.05, 0.1) is 6.04 Å². The Morgan fingerprint density at radius 3 is 2.64 bits per heavy atom. The Morgan fingerprint density at radius 1 is 1.16 bits per heavy atom. The van der Waals surface area contributed by atoms with Crippen LogP contribution in [-0.2, 0) is 0 Å². The van der Waals surface area contributed by atoms with Crippen LogP contribution in [0, 0.1) is 6.92 Å². The lowest BCUT2D eigenvalue weighted by Gasteiger charge is -2.20. The lowest BCUT2D eigenvalue weighted by molar-refractivity contribution is 0.560. The minimum absolute atomic E-state index is 0.141. The maximum Gasteiger partial charge on any atom is 0.336 e. The van der Waals surface area contributed by atoms with Crippen molar-refractivity contribution in [3.8, 4) is 0 Å². The van der Waals surface area contributed by atoms with E-state index in [1.54, 1.807) is 6.07 Å². The molecule has 0 amide bonds. The fraction of sp³-hybridized carbons (Fsp3) is 0.200. The van der Waals surface area contributed by atoms with Crippen LogP contribution in [0.1, 0.15) is 30.5 Å². The summed E-state index contributed by atoms with van der Waals surface area (Å²) in [6.07, 6.45) is 0.914. The molecular weight excluding hydrogens is 332 g/mol. The minimum atomic E-state index is -0.349. The highest BCUT2D eigenvalue weighted by Crippen LogP contribution is 2.21. The summed E-state index contributed by atoms with van der Waals surface area (Å²) in [6.45, 7) is 4.00. The zero-order valence-corrected chi connectivity index (χ0v) is 15.0. The van der Waals surface area contributed by atoms with E-state index in [0.29, 0.717) is 10.7 Å². The summed E-state index contributed by atoms with van der Waals surface area (Å²) in [5.74, 6) is 0. The first kappa shape index (κ1) is 17.2. The molecule has 5 heteroatoms. The number of rotatable bonds is 4. The van der Waals surface area contributed by atoms with Crippen LogP contribution in [0.15, 0.2) is 63.8 Å². The number of thiocarbonyl (C=S) groups is 1. The highest BCUT2D eigenvalue weighted by Gasteiger charge is 2.11. The van der Waals surface area contributed by atoms with Crippen LogP contribution in [-0.4, -0.2) is 5.11 Å². The van der Waals surface area contributed by atoms with E-state index in [9.17, 15) is 4.79 Å². The van der Waals surface area contributed by atoms with Gasteiger partial charge in [-0.2, -0.15) is 0 Å². The van der Waals surface area contributed by atoms with E-state index in [0.717, 1.165) is 23.1 Å². The van der Waals surface area contributed by atoms with Gasteiger partial charge >= 0.3 is 5.63 Å². The van der Waals surface area contributed by atoms with Crippen molar-refractivity contribution in [3.63, 3.8) is 0 Å². The summed E-state index contributed by atoms with van der Waals surface area (Å²) in [7, 11) is 0. The highest BCUT2D eigenvalue weighted by atomic mass is 32.1. The minimum Gasteiger partial charge on any atom is -0.423 e. The predicted molar refractivity (Wildman–Crippen MR) is 106 cm³/mol. The number of hydrogen-bond acceptors (Lipinski definition) is 3. The van der Waals surface area contributed by atoms with Crippen LogP contribution in [0.5, 0.6) is 0 Å². The van der Waals surface area contributed by atoms with Gasteiger partial charge in [0.1, 0.15) is 5.58 Å². The normalized spacial score (nSPS) is 11.9. The second-order valence-corrected chi connectivity index (χ2v) is 6.34. The highest BCUT2D eigenvalue weighted by molar-refractivity contribution is 7.80. The second-order valence-electron chi connectivity index (χ2n) is 5.93. The molecule has 2 N–H and O–H groups in total. The molecule has 128 valence electrons. The van der Waals surface area contributed by atoms with Gasteiger partial charge in [-0.1, -0.05) is 37.3 Å². The van der Waals surface area contributed by atoms with Gasteiger partial charge in [-0.3, -0.25) is 0 Å². The molecule has 3 rings (SSSR count). The number of aryl methyl sites for hydroxylation is 1. The lowest BCUT2D eigenvalue weighted by Crippen LogP contribution is -2.32. The van der Waals surface area contributed by atoms with E-state index in [4.69, 9.17) is 16.6 Å². The van der Waals surface area contributed by atoms with Gasteiger partial charge in [-0.25, -0.2) is 4.79 Å². The maximum absolute atomic E-state index is 11.6.